The van der Waals surface area contributed by atoms with Crippen LogP contribution in [0.15, 0.2) is 47.4 Å². The van der Waals surface area contributed by atoms with Crippen LogP contribution in [0.4, 0.5) is 5.69 Å². The average Bonchev–Trinajstić information content (AvgIpc) is 2.55. The van der Waals surface area contributed by atoms with Crippen LogP contribution in [-0.2, 0) is 14.8 Å². The first-order chi connectivity index (χ1) is 11.7. The maximum absolute atomic E-state index is 12.2. The predicted octanol–water partition coefficient (Wildman–Crippen LogP) is 2.58. The van der Waals surface area contributed by atoms with Crippen molar-refractivity contribution in [1.29, 1.82) is 0 Å². The van der Waals surface area contributed by atoms with Crippen molar-refractivity contribution in [2.24, 2.45) is 0 Å². The summed E-state index contributed by atoms with van der Waals surface area (Å²) in [5.74, 6) is -1.04. The number of anilines is 1. The molecule has 2 amide bonds. The first kappa shape index (κ1) is 19.2. The minimum atomic E-state index is -4.00. The molecule has 0 fully saturated rings. The van der Waals surface area contributed by atoms with Gasteiger partial charge in [0, 0.05) is 17.6 Å². The maximum atomic E-state index is 12.2. The van der Waals surface area contributed by atoms with Gasteiger partial charge in [-0.1, -0.05) is 23.2 Å². The lowest BCUT2D eigenvalue weighted by atomic mass is 10.2. The van der Waals surface area contributed by atoms with Crippen LogP contribution >= 0.6 is 23.2 Å². The third-order valence-electron chi connectivity index (χ3n) is 2.96. The lowest BCUT2D eigenvalue weighted by molar-refractivity contribution is -0.114. The van der Waals surface area contributed by atoms with Crippen molar-refractivity contribution < 1.29 is 18.0 Å². The number of carbonyl (C=O) groups is 2. The molecule has 0 aliphatic carbocycles. The van der Waals surface area contributed by atoms with E-state index in [0.717, 1.165) is 0 Å². The standard InChI is InChI=1S/C15H13Cl2N3O4S/c1-9(21)18-11-3-5-12(6-4-11)25(23,24)20-19-15(22)13-8-10(16)2-7-14(13)17/h2-8,20H,1H3,(H,18,21)(H,19,22). The summed E-state index contributed by atoms with van der Waals surface area (Å²) in [7, 11) is -4.00. The molecule has 0 radical (unpaired) electrons. The van der Waals surface area contributed by atoms with Gasteiger partial charge in [-0.2, -0.15) is 0 Å². The van der Waals surface area contributed by atoms with Crippen molar-refractivity contribution in [2.45, 2.75) is 11.8 Å². The molecule has 2 rings (SSSR count). The Labute approximate surface area is 154 Å². The van der Waals surface area contributed by atoms with Gasteiger partial charge in [-0.05, 0) is 42.5 Å². The Bertz CT molecular complexity index is 915. The molecule has 0 aliphatic rings. The van der Waals surface area contributed by atoms with Crippen molar-refractivity contribution >= 4 is 50.7 Å². The van der Waals surface area contributed by atoms with E-state index < -0.39 is 15.9 Å². The summed E-state index contributed by atoms with van der Waals surface area (Å²) < 4.78 is 24.4. The minimum absolute atomic E-state index is 0.0258. The van der Waals surface area contributed by atoms with Crippen LogP contribution in [0.1, 0.15) is 17.3 Å². The maximum Gasteiger partial charge on any atom is 0.267 e. The van der Waals surface area contributed by atoms with Crippen LogP contribution in [0.2, 0.25) is 10.0 Å². The fourth-order valence-corrected chi connectivity index (χ4v) is 3.05. The Morgan fingerprint density at radius 2 is 1.64 bits per heavy atom. The number of hydrogen-bond donors (Lipinski definition) is 3. The van der Waals surface area contributed by atoms with E-state index in [4.69, 9.17) is 23.2 Å². The SMILES string of the molecule is CC(=O)Nc1ccc(S(=O)(=O)NNC(=O)c2cc(Cl)ccc2Cl)cc1. The molecule has 0 atom stereocenters. The summed E-state index contributed by atoms with van der Waals surface area (Å²) in [5.41, 5.74) is 2.53. The van der Waals surface area contributed by atoms with Crippen molar-refractivity contribution in [2.75, 3.05) is 5.32 Å². The van der Waals surface area contributed by atoms with Crippen LogP contribution in [-0.4, -0.2) is 20.2 Å². The van der Waals surface area contributed by atoms with E-state index in [1.54, 1.807) is 0 Å². The molecule has 2 aromatic carbocycles. The van der Waals surface area contributed by atoms with E-state index in [1.807, 2.05) is 4.83 Å². The first-order valence-electron chi connectivity index (χ1n) is 6.84. The van der Waals surface area contributed by atoms with Crippen LogP contribution in [0.5, 0.6) is 0 Å². The van der Waals surface area contributed by atoms with Gasteiger partial charge < -0.3 is 5.32 Å². The topological polar surface area (TPSA) is 104 Å². The second-order valence-electron chi connectivity index (χ2n) is 4.89. The zero-order chi connectivity index (χ0) is 18.6. The van der Waals surface area contributed by atoms with Crippen molar-refractivity contribution in [3.63, 3.8) is 0 Å². The Morgan fingerprint density at radius 1 is 1.00 bits per heavy atom. The van der Waals surface area contributed by atoms with E-state index in [2.05, 4.69) is 10.7 Å². The Hall–Kier alpha value is -2.13. The highest BCUT2D eigenvalue weighted by Crippen LogP contribution is 2.20. The number of hydrazine groups is 1. The first-order valence-corrected chi connectivity index (χ1v) is 9.08. The number of nitrogens with one attached hydrogen (secondary N) is 3. The molecule has 0 spiro atoms. The molecule has 0 aliphatic heterocycles. The van der Waals surface area contributed by atoms with Crippen LogP contribution in [0, 0.1) is 0 Å². The van der Waals surface area contributed by atoms with Crippen molar-refractivity contribution in [3.8, 4) is 0 Å². The zero-order valence-corrected chi connectivity index (χ0v) is 15.2. The molecule has 3 N–H and O–H groups in total. The van der Waals surface area contributed by atoms with Gasteiger partial charge in [0.15, 0.2) is 0 Å². The van der Waals surface area contributed by atoms with Gasteiger partial charge in [0.25, 0.3) is 15.9 Å². The Morgan fingerprint density at radius 3 is 2.24 bits per heavy atom. The molecule has 0 saturated heterocycles. The fraction of sp³-hybridized carbons (Fsp3) is 0.0667. The second-order valence-corrected chi connectivity index (χ2v) is 7.42. The summed E-state index contributed by atoms with van der Waals surface area (Å²) in [6.45, 7) is 1.34. The summed E-state index contributed by atoms with van der Waals surface area (Å²) in [4.78, 5) is 24.9. The Balaban J connectivity index is 2.09. The number of sulfonamides is 1. The normalized spacial score (nSPS) is 11.0. The monoisotopic (exact) mass is 401 g/mol. The van der Waals surface area contributed by atoms with Crippen LogP contribution in [0.3, 0.4) is 0 Å². The summed E-state index contributed by atoms with van der Waals surface area (Å²) in [6.07, 6.45) is 0. The third-order valence-corrected chi connectivity index (χ3v) is 4.79. The molecule has 25 heavy (non-hydrogen) atoms. The highest BCUT2D eigenvalue weighted by atomic mass is 35.5. The highest BCUT2D eigenvalue weighted by Gasteiger charge is 2.17. The lowest BCUT2D eigenvalue weighted by Crippen LogP contribution is -2.41. The number of benzene rings is 2. The summed E-state index contributed by atoms with van der Waals surface area (Å²) in [5, 5.41) is 2.92. The highest BCUT2D eigenvalue weighted by molar-refractivity contribution is 7.89. The third kappa shape index (κ3) is 5.17. The second kappa shape index (κ2) is 7.83. The van der Waals surface area contributed by atoms with Crippen molar-refractivity contribution in [1.82, 2.24) is 10.3 Å². The smallest absolute Gasteiger partial charge is 0.267 e. The molecule has 10 heteroatoms. The number of hydrogen-bond acceptors (Lipinski definition) is 4. The number of halogens is 2. The Kier molecular flexibility index (Phi) is 6.02. The van der Waals surface area contributed by atoms with E-state index in [9.17, 15) is 18.0 Å². The molecule has 0 saturated carbocycles. The summed E-state index contributed by atoms with van der Waals surface area (Å²) in [6, 6.07) is 9.65. The van der Waals surface area contributed by atoms with Gasteiger partial charge in [0.05, 0.1) is 15.5 Å². The molecule has 132 valence electrons. The average molecular weight is 402 g/mol. The van der Waals surface area contributed by atoms with Gasteiger partial charge in [-0.3, -0.25) is 15.0 Å². The largest absolute Gasteiger partial charge is 0.326 e. The number of rotatable bonds is 5. The molecule has 0 unspecified atom stereocenters. The summed E-state index contributed by atoms with van der Waals surface area (Å²) >= 11 is 11.7. The van der Waals surface area contributed by atoms with Gasteiger partial charge in [-0.15, -0.1) is 4.83 Å². The van der Waals surface area contributed by atoms with Gasteiger partial charge >= 0.3 is 0 Å². The molecule has 0 aromatic heterocycles. The van der Waals surface area contributed by atoms with E-state index in [1.165, 1.54) is 49.4 Å². The van der Waals surface area contributed by atoms with Crippen LogP contribution in [0.25, 0.3) is 0 Å². The van der Waals surface area contributed by atoms with Gasteiger partial charge in [0.1, 0.15) is 0 Å². The van der Waals surface area contributed by atoms with Crippen LogP contribution < -0.4 is 15.6 Å². The van der Waals surface area contributed by atoms with E-state index in [-0.39, 0.29) is 26.4 Å². The predicted molar refractivity (Wildman–Crippen MR) is 95.0 cm³/mol. The van der Waals surface area contributed by atoms with E-state index >= 15 is 0 Å². The quantitative estimate of drug-likeness (QED) is 0.669. The van der Waals surface area contributed by atoms with Gasteiger partial charge in [0.2, 0.25) is 5.91 Å². The lowest BCUT2D eigenvalue weighted by Gasteiger charge is -2.10. The molecular formula is C15H13Cl2N3O4S. The number of amides is 2. The number of carbonyl (C=O) groups excluding carboxylic acids is 2. The van der Waals surface area contributed by atoms with E-state index in [0.29, 0.717) is 5.69 Å². The molecule has 7 nitrogen and oxygen atoms in total. The molecule has 0 heterocycles. The van der Waals surface area contributed by atoms with Crippen molar-refractivity contribution in [3.05, 3.63) is 58.1 Å². The molecular weight excluding hydrogens is 389 g/mol. The fourth-order valence-electron chi connectivity index (χ4n) is 1.83. The zero-order valence-electron chi connectivity index (χ0n) is 12.8. The van der Waals surface area contributed by atoms with Gasteiger partial charge in [-0.25, -0.2) is 8.42 Å². The molecule has 2 aromatic rings. The molecule has 0 bridgehead atoms. The minimum Gasteiger partial charge on any atom is -0.326 e.